The molecular formula is C22H18FNO7. The second-order valence-electron chi connectivity index (χ2n) is 7.23. The van der Waals surface area contributed by atoms with Crippen LogP contribution in [0.4, 0.5) is 4.39 Å². The van der Waals surface area contributed by atoms with E-state index in [4.69, 9.17) is 9.47 Å². The number of carboxylic acids is 1. The first kappa shape index (κ1) is 20.5. The molecule has 0 aromatic heterocycles. The second-order valence-corrected chi connectivity index (χ2v) is 7.23. The number of nitrogens with zero attached hydrogens (tertiary/aromatic N) is 1. The third-order valence-corrected chi connectivity index (χ3v) is 5.06. The van der Waals surface area contributed by atoms with Crippen LogP contribution in [-0.2, 0) is 9.59 Å². The number of benzene rings is 2. The quantitative estimate of drug-likeness (QED) is 0.701. The van der Waals surface area contributed by atoms with E-state index in [1.54, 1.807) is 0 Å². The Morgan fingerprint density at radius 1 is 1.23 bits per heavy atom. The van der Waals surface area contributed by atoms with Crippen molar-refractivity contribution in [2.75, 3.05) is 13.2 Å². The second kappa shape index (κ2) is 8.19. The molecule has 2 N–H and O–H groups in total. The Hall–Kier alpha value is -3.72. The summed E-state index contributed by atoms with van der Waals surface area (Å²) in [7, 11) is 0. The minimum atomic E-state index is -1.19. The molecule has 0 aliphatic carbocycles. The van der Waals surface area contributed by atoms with Crippen molar-refractivity contribution in [1.29, 1.82) is 0 Å². The first-order valence-electron chi connectivity index (χ1n) is 9.49. The lowest BCUT2D eigenvalue weighted by molar-refractivity contribution is -0.148. The van der Waals surface area contributed by atoms with E-state index in [0.717, 1.165) is 4.90 Å². The molecule has 2 atom stereocenters. The molecule has 31 heavy (non-hydrogen) atoms. The number of β-amino-alcohol motifs (C(OH)–C–C–N with tert-alkyl or cyclic N) is 1. The molecular weight excluding hydrogens is 409 g/mol. The fourth-order valence-electron chi connectivity index (χ4n) is 3.52. The molecule has 9 heteroatoms. The number of carboxylic acid groups (broad SMARTS) is 1. The average Bonchev–Trinajstić information content (AvgIpc) is 3.28. The number of likely N-dealkylation sites (tertiary alicyclic amines) is 1. The van der Waals surface area contributed by atoms with Crippen LogP contribution in [0.3, 0.4) is 0 Å². The van der Waals surface area contributed by atoms with Crippen molar-refractivity contribution >= 4 is 23.7 Å². The zero-order valence-corrected chi connectivity index (χ0v) is 16.2. The van der Waals surface area contributed by atoms with Crippen molar-refractivity contribution in [3.8, 4) is 11.5 Å². The number of carbonyl (C=O) groups is 3. The Bertz CT molecular complexity index is 1080. The molecule has 2 heterocycles. The number of ketones is 1. The molecule has 160 valence electrons. The number of rotatable bonds is 5. The molecule has 2 aromatic rings. The predicted molar refractivity (Wildman–Crippen MR) is 105 cm³/mol. The van der Waals surface area contributed by atoms with Crippen molar-refractivity contribution in [2.24, 2.45) is 0 Å². The van der Waals surface area contributed by atoms with Gasteiger partial charge in [-0.15, -0.1) is 0 Å². The summed E-state index contributed by atoms with van der Waals surface area (Å²) in [6, 6.07) is 8.95. The van der Waals surface area contributed by atoms with E-state index in [1.807, 2.05) is 0 Å². The Balaban J connectivity index is 1.43. The maximum Gasteiger partial charge on any atom is 0.326 e. The largest absolute Gasteiger partial charge is 0.484 e. The van der Waals surface area contributed by atoms with E-state index < -0.39 is 36.4 Å². The average molecular weight is 427 g/mol. The first-order chi connectivity index (χ1) is 14.8. The van der Waals surface area contributed by atoms with E-state index in [-0.39, 0.29) is 36.0 Å². The van der Waals surface area contributed by atoms with E-state index in [0.29, 0.717) is 11.1 Å². The third-order valence-electron chi connectivity index (χ3n) is 5.06. The van der Waals surface area contributed by atoms with Crippen LogP contribution in [0.1, 0.15) is 22.3 Å². The van der Waals surface area contributed by atoms with Crippen LogP contribution in [0.25, 0.3) is 6.08 Å². The number of ether oxygens (including phenoxy) is 2. The Kier molecular flexibility index (Phi) is 5.43. The first-order valence-corrected chi connectivity index (χ1v) is 9.49. The summed E-state index contributed by atoms with van der Waals surface area (Å²) in [5.74, 6) is -1.90. The number of aliphatic hydroxyl groups is 1. The highest BCUT2D eigenvalue weighted by molar-refractivity contribution is 6.14. The highest BCUT2D eigenvalue weighted by Crippen LogP contribution is 2.35. The van der Waals surface area contributed by atoms with Gasteiger partial charge in [0.25, 0.3) is 5.91 Å². The van der Waals surface area contributed by atoms with E-state index in [1.165, 1.54) is 48.5 Å². The van der Waals surface area contributed by atoms with E-state index in [9.17, 15) is 29.0 Å². The Morgan fingerprint density at radius 2 is 1.97 bits per heavy atom. The van der Waals surface area contributed by atoms with Crippen molar-refractivity contribution in [2.45, 2.75) is 18.6 Å². The van der Waals surface area contributed by atoms with Gasteiger partial charge in [-0.2, -0.15) is 0 Å². The summed E-state index contributed by atoms with van der Waals surface area (Å²) in [4.78, 5) is 37.2. The minimum absolute atomic E-state index is 0.0287. The van der Waals surface area contributed by atoms with Gasteiger partial charge in [0.15, 0.2) is 12.4 Å². The van der Waals surface area contributed by atoms with Crippen LogP contribution < -0.4 is 9.47 Å². The lowest BCUT2D eigenvalue weighted by atomic mass is 10.1. The number of hydrogen-bond acceptors (Lipinski definition) is 6. The maximum atomic E-state index is 13.0. The normalized spacial score (nSPS) is 21.2. The van der Waals surface area contributed by atoms with Crippen LogP contribution >= 0.6 is 0 Å². The molecule has 1 fully saturated rings. The van der Waals surface area contributed by atoms with Gasteiger partial charge in [0, 0.05) is 19.0 Å². The van der Waals surface area contributed by atoms with Crippen LogP contribution in [0, 0.1) is 5.82 Å². The van der Waals surface area contributed by atoms with Crippen LogP contribution in [0.15, 0.2) is 48.2 Å². The van der Waals surface area contributed by atoms with Gasteiger partial charge in [-0.25, -0.2) is 9.18 Å². The topological polar surface area (TPSA) is 113 Å². The zero-order chi connectivity index (χ0) is 22.1. The number of hydrogen-bond donors (Lipinski definition) is 2. The minimum Gasteiger partial charge on any atom is -0.484 e. The molecule has 2 aliphatic rings. The van der Waals surface area contributed by atoms with Gasteiger partial charge in [0.2, 0.25) is 5.78 Å². The number of fused-ring (bicyclic) bond motifs is 1. The summed E-state index contributed by atoms with van der Waals surface area (Å²) in [5, 5.41) is 18.8. The molecule has 2 unspecified atom stereocenters. The lowest BCUT2D eigenvalue weighted by Crippen LogP contribution is -2.42. The zero-order valence-electron chi connectivity index (χ0n) is 16.2. The number of aliphatic carboxylic acids is 1. The Labute approximate surface area is 176 Å². The predicted octanol–water partition coefficient (Wildman–Crippen LogP) is 1.87. The van der Waals surface area contributed by atoms with Crippen molar-refractivity contribution in [3.63, 3.8) is 0 Å². The summed E-state index contributed by atoms with van der Waals surface area (Å²) in [5.41, 5.74) is 0.918. The number of carbonyl (C=O) groups excluding carboxylic acids is 2. The standard InChI is InChI=1S/C22H18FNO7/c23-13-3-1-12(2-4-13)7-19-21(27)16-6-5-15(9-18(16)31-19)30-11-20(26)24-10-14(25)8-17(24)22(28)29/h1-7,9,14,17,25H,8,10-11H2,(H,28,29). The number of Topliss-reactive ketones (excluding diaryl/α,β-unsaturated/α-hetero) is 1. The van der Waals surface area contributed by atoms with Gasteiger partial charge in [-0.05, 0) is 35.9 Å². The molecule has 8 nitrogen and oxygen atoms in total. The van der Waals surface area contributed by atoms with Crippen molar-refractivity contribution < 1.29 is 38.5 Å². The molecule has 1 amide bonds. The molecule has 2 aliphatic heterocycles. The summed E-state index contributed by atoms with van der Waals surface area (Å²) < 4.78 is 24.1. The molecule has 0 spiro atoms. The fraction of sp³-hybridized carbons (Fsp3) is 0.227. The molecule has 0 radical (unpaired) electrons. The Morgan fingerprint density at radius 3 is 2.68 bits per heavy atom. The van der Waals surface area contributed by atoms with Crippen molar-refractivity contribution in [3.05, 3.63) is 65.2 Å². The smallest absolute Gasteiger partial charge is 0.326 e. The van der Waals surface area contributed by atoms with Gasteiger partial charge in [-0.1, -0.05) is 12.1 Å². The summed E-state index contributed by atoms with van der Waals surface area (Å²) >= 11 is 0. The van der Waals surface area contributed by atoms with Gasteiger partial charge < -0.3 is 24.6 Å². The SMILES string of the molecule is O=C1C(=Cc2ccc(F)cc2)Oc2cc(OCC(=O)N3CC(O)CC3C(=O)O)ccc21. The van der Waals surface area contributed by atoms with Gasteiger partial charge in [0.1, 0.15) is 23.4 Å². The molecule has 0 saturated carbocycles. The number of halogens is 1. The molecule has 0 bridgehead atoms. The highest BCUT2D eigenvalue weighted by atomic mass is 19.1. The van der Waals surface area contributed by atoms with Crippen LogP contribution in [-0.4, -0.2) is 58.1 Å². The summed E-state index contributed by atoms with van der Waals surface area (Å²) in [6.07, 6.45) is 0.575. The molecule has 4 rings (SSSR count). The molecule has 2 aromatic carbocycles. The maximum absolute atomic E-state index is 13.0. The lowest BCUT2D eigenvalue weighted by Gasteiger charge is -2.21. The van der Waals surface area contributed by atoms with E-state index >= 15 is 0 Å². The number of amides is 1. The fourth-order valence-corrected chi connectivity index (χ4v) is 3.52. The van der Waals surface area contributed by atoms with Crippen LogP contribution in [0.2, 0.25) is 0 Å². The molecule has 1 saturated heterocycles. The third kappa shape index (κ3) is 4.26. The van der Waals surface area contributed by atoms with Gasteiger partial charge in [0.05, 0.1) is 11.7 Å². The van der Waals surface area contributed by atoms with E-state index in [2.05, 4.69) is 0 Å². The van der Waals surface area contributed by atoms with Gasteiger partial charge >= 0.3 is 5.97 Å². The highest BCUT2D eigenvalue weighted by Gasteiger charge is 2.39. The summed E-state index contributed by atoms with van der Waals surface area (Å²) in [6.45, 7) is -0.500. The number of allylic oxidation sites excluding steroid dienone is 1. The van der Waals surface area contributed by atoms with Gasteiger partial charge in [-0.3, -0.25) is 9.59 Å². The monoisotopic (exact) mass is 427 g/mol. The number of aliphatic hydroxyl groups excluding tert-OH is 1. The van der Waals surface area contributed by atoms with Crippen molar-refractivity contribution in [1.82, 2.24) is 4.90 Å². The van der Waals surface area contributed by atoms with Crippen LogP contribution in [0.5, 0.6) is 11.5 Å².